The number of nitrogens with zero attached hydrogens (tertiary/aromatic N) is 3. The Balaban J connectivity index is 1.57. The summed E-state index contributed by atoms with van der Waals surface area (Å²) in [6, 6.07) is 18.7. The quantitative estimate of drug-likeness (QED) is 0.246. The molecule has 0 spiro atoms. The van der Waals surface area contributed by atoms with Crippen LogP contribution in [0.25, 0.3) is 15.9 Å². The summed E-state index contributed by atoms with van der Waals surface area (Å²) in [6.45, 7) is 2.31. The van der Waals surface area contributed by atoms with Gasteiger partial charge in [0.1, 0.15) is 12.2 Å². The van der Waals surface area contributed by atoms with Crippen LogP contribution in [0.5, 0.6) is 5.75 Å². The van der Waals surface area contributed by atoms with E-state index in [1.54, 1.807) is 28.4 Å². The van der Waals surface area contributed by atoms with Gasteiger partial charge in [0.15, 0.2) is 0 Å². The fourth-order valence-corrected chi connectivity index (χ4v) is 5.05. The maximum atomic E-state index is 13.7. The highest BCUT2D eigenvalue weighted by Gasteiger charge is 2.26. The summed E-state index contributed by atoms with van der Waals surface area (Å²) < 4.78 is 15.2. The number of aromatic nitrogens is 3. The first kappa shape index (κ1) is 23.8. The molecule has 2 aromatic carbocycles. The summed E-state index contributed by atoms with van der Waals surface area (Å²) in [5, 5.41) is 6.88. The molecule has 7 nitrogen and oxygen atoms in total. The number of pyridine rings is 1. The van der Waals surface area contributed by atoms with Gasteiger partial charge in [-0.2, -0.15) is 5.10 Å². The lowest BCUT2D eigenvalue weighted by Gasteiger charge is -2.15. The monoisotopic (exact) mass is 519 g/mol. The zero-order chi connectivity index (χ0) is 25.1. The van der Waals surface area contributed by atoms with Gasteiger partial charge in [0.2, 0.25) is 5.75 Å². The fraction of sp³-hybridized carbons (Fsp3) is 0.148. The van der Waals surface area contributed by atoms with Gasteiger partial charge in [-0.1, -0.05) is 48.0 Å². The molecule has 0 fully saturated rings. The number of hydrogen-bond acceptors (Lipinski definition) is 6. The maximum absolute atomic E-state index is 13.7. The van der Waals surface area contributed by atoms with Gasteiger partial charge in [0.05, 0.1) is 35.3 Å². The summed E-state index contributed by atoms with van der Waals surface area (Å²) in [7, 11) is 0. The summed E-state index contributed by atoms with van der Waals surface area (Å²) in [6.07, 6.45) is 3.55. The summed E-state index contributed by atoms with van der Waals surface area (Å²) >= 11 is 7.49. The van der Waals surface area contributed by atoms with Crippen LogP contribution in [0.4, 0.5) is 0 Å². The lowest BCUT2D eigenvalue weighted by atomic mass is 10.2. The molecule has 9 heteroatoms. The second kappa shape index (κ2) is 10.4. The van der Waals surface area contributed by atoms with Gasteiger partial charge < -0.3 is 9.47 Å². The molecule has 5 rings (SSSR count). The molecule has 0 saturated carbocycles. The van der Waals surface area contributed by atoms with Gasteiger partial charge in [-0.05, 0) is 42.1 Å². The lowest BCUT2D eigenvalue weighted by molar-refractivity contribution is 0.0523. The van der Waals surface area contributed by atoms with E-state index >= 15 is 0 Å². The van der Waals surface area contributed by atoms with E-state index < -0.39 is 11.5 Å². The topological polar surface area (TPSA) is 75.3 Å². The molecule has 5 aromatic rings. The number of rotatable bonds is 8. The third-order valence-electron chi connectivity index (χ3n) is 5.58. The van der Waals surface area contributed by atoms with E-state index in [9.17, 15) is 9.59 Å². The van der Waals surface area contributed by atoms with Gasteiger partial charge in [-0.25, -0.2) is 9.48 Å². The van der Waals surface area contributed by atoms with Crippen molar-refractivity contribution in [1.29, 1.82) is 0 Å². The molecule has 0 bridgehead atoms. The molecule has 0 amide bonds. The normalized spacial score (nSPS) is 11.1. The Morgan fingerprint density at radius 3 is 2.69 bits per heavy atom. The van der Waals surface area contributed by atoms with Gasteiger partial charge >= 0.3 is 5.97 Å². The van der Waals surface area contributed by atoms with Crippen molar-refractivity contribution in [3.8, 4) is 11.4 Å². The number of esters is 1. The molecule has 3 heterocycles. The van der Waals surface area contributed by atoms with Crippen LogP contribution in [0, 0.1) is 0 Å². The minimum Gasteiger partial charge on any atom is -0.482 e. The van der Waals surface area contributed by atoms with Gasteiger partial charge in [0, 0.05) is 16.8 Å². The van der Waals surface area contributed by atoms with Crippen molar-refractivity contribution >= 4 is 39.1 Å². The number of carbonyl (C=O) groups excluding carboxylic acids is 1. The van der Waals surface area contributed by atoms with Crippen LogP contribution >= 0.6 is 22.9 Å². The molecule has 0 aliphatic carbocycles. The molecule has 182 valence electrons. The summed E-state index contributed by atoms with van der Waals surface area (Å²) in [4.78, 5) is 26.7. The molecule has 0 atom stereocenters. The van der Waals surface area contributed by atoms with E-state index in [0.29, 0.717) is 15.2 Å². The molecule has 0 unspecified atom stereocenters. The molecule has 0 aliphatic heterocycles. The van der Waals surface area contributed by atoms with Crippen molar-refractivity contribution in [1.82, 2.24) is 14.3 Å². The highest BCUT2D eigenvalue weighted by Crippen LogP contribution is 2.31. The third kappa shape index (κ3) is 4.78. The van der Waals surface area contributed by atoms with E-state index in [2.05, 4.69) is 5.10 Å². The minimum absolute atomic E-state index is 0.0190. The first-order chi connectivity index (χ1) is 17.5. The average molecular weight is 520 g/mol. The summed E-state index contributed by atoms with van der Waals surface area (Å²) in [5.74, 6) is -0.597. The number of halogens is 1. The average Bonchev–Trinajstić information content (AvgIpc) is 3.55. The fourth-order valence-electron chi connectivity index (χ4n) is 3.94. The largest absolute Gasteiger partial charge is 0.482 e. The van der Waals surface area contributed by atoms with E-state index in [-0.39, 0.29) is 31.1 Å². The number of fused-ring (bicyclic) bond motifs is 1. The van der Waals surface area contributed by atoms with Crippen LogP contribution in [-0.4, -0.2) is 26.9 Å². The smallest absolute Gasteiger partial charge is 0.343 e. The number of benzene rings is 2. The van der Waals surface area contributed by atoms with Gasteiger partial charge in [0.25, 0.3) is 5.56 Å². The number of hydrogen-bond donors (Lipinski definition) is 0. The number of thiophene rings is 1. The Kier molecular flexibility index (Phi) is 6.88. The second-order valence-corrected chi connectivity index (χ2v) is 9.35. The van der Waals surface area contributed by atoms with E-state index in [1.165, 1.54) is 11.3 Å². The molecule has 0 aliphatic rings. The zero-order valence-electron chi connectivity index (χ0n) is 19.4. The van der Waals surface area contributed by atoms with Gasteiger partial charge in [-0.3, -0.25) is 9.36 Å². The van der Waals surface area contributed by atoms with Crippen molar-refractivity contribution in [2.75, 3.05) is 6.61 Å². The third-order valence-corrected chi connectivity index (χ3v) is 6.74. The van der Waals surface area contributed by atoms with E-state index in [1.807, 2.05) is 66.2 Å². The second-order valence-electron chi connectivity index (χ2n) is 8.00. The number of ether oxygens (including phenoxy) is 2. The SMILES string of the molecule is CCOC(=O)c1c(OCc2ccccc2)c(=O)n(Cc2cnn(-c3cccc(Cl)c3)c2)c2ccsc12. The van der Waals surface area contributed by atoms with Crippen LogP contribution in [-0.2, 0) is 17.9 Å². The van der Waals surface area contributed by atoms with Gasteiger partial charge in [-0.15, -0.1) is 11.3 Å². The van der Waals surface area contributed by atoms with E-state index in [4.69, 9.17) is 21.1 Å². The van der Waals surface area contributed by atoms with Crippen LogP contribution in [0.3, 0.4) is 0 Å². The number of carbonyl (C=O) groups is 1. The molecule has 36 heavy (non-hydrogen) atoms. The minimum atomic E-state index is -0.578. The predicted molar refractivity (Wildman–Crippen MR) is 140 cm³/mol. The Bertz CT molecular complexity index is 1590. The molecular formula is C27H22ClN3O4S. The molecule has 3 aromatic heterocycles. The highest BCUT2D eigenvalue weighted by atomic mass is 35.5. The predicted octanol–water partition coefficient (Wildman–Crippen LogP) is 5.71. The Hall–Kier alpha value is -3.88. The first-order valence-corrected chi connectivity index (χ1v) is 12.6. The van der Waals surface area contributed by atoms with Crippen LogP contribution in [0.15, 0.2) is 83.2 Å². The zero-order valence-corrected chi connectivity index (χ0v) is 21.0. The highest BCUT2D eigenvalue weighted by molar-refractivity contribution is 7.17. The molecule has 0 saturated heterocycles. The first-order valence-electron chi connectivity index (χ1n) is 11.3. The van der Waals surface area contributed by atoms with Crippen LogP contribution in [0.1, 0.15) is 28.4 Å². The molecule has 0 radical (unpaired) electrons. The Morgan fingerprint density at radius 2 is 1.92 bits per heavy atom. The van der Waals surface area contributed by atoms with Crippen molar-refractivity contribution in [2.45, 2.75) is 20.1 Å². The maximum Gasteiger partial charge on any atom is 0.343 e. The standard InChI is InChI=1S/C27H22ClN3O4S/c1-2-34-27(33)23-24(35-17-18-7-4-3-5-8-18)26(32)30(22-11-12-36-25(22)23)15-19-14-29-31(16-19)21-10-6-9-20(28)13-21/h3-14,16H,2,15,17H2,1H3. The van der Waals surface area contributed by atoms with Crippen molar-refractivity contribution in [3.63, 3.8) is 0 Å². The van der Waals surface area contributed by atoms with Crippen LogP contribution < -0.4 is 10.3 Å². The molecular weight excluding hydrogens is 498 g/mol. The summed E-state index contributed by atoms with van der Waals surface area (Å²) in [5.41, 5.74) is 2.89. The van der Waals surface area contributed by atoms with E-state index in [0.717, 1.165) is 16.8 Å². The Morgan fingerprint density at radius 1 is 1.08 bits per heavy atom. The van der Waals surface area contributed by atoms with Crippen molar-refractivity contribution in [3.05, 3.63) is 111 Å². The van der Waals surface area contributed by atoms with Crippen molar-refractivity contribution < 1.29 is 14.3 Å². The van der Waals surface area contributed by atoms with Crippen molar-refractivity contribution in [2.24, 2.45) is 0 Å². The Labute approximate surface area is 216 Å². The molecule has 0 N–H and O–H groups in total. The lowest BCUT2D eigenvalue weighted by Crippen LogP contribution is -2.26. The van der Waals surface area contributed by atoms with Crippen LogP contribution in [0.2, 0.25) is 5.02 Å².